The summed E-state index contributed by atoms with van der Waals surface area (Å²) in [5, 5.41) is 0. The highest BCUT2D eigenvalue weighted by Crippen LogP contribution is 2.40. The van der Waals surface area contributed by atoms with Gasteiger partial charge in [0.15, 0.2) is 9.84 Å². The van der Waals surface area contributed by atoms with Crippen molar-refractivity contribution >= 4 is 9.84 Å². The largest absolute Gasteiger partial charge is 0.325 e. The Balaban J connectivity index is 1.65. The highest BCUT2D eigenvalue weighted by atomic mass is 32.2. The monoisotopic (exact) mass is 438 g/mol. The average Bonchev–Trinajstić information content (AvgIpc) is 2.76. The summed E-state index contributed by atoms with van der Waals surface area (Å²) in [5.41, 5.74) is 1.99. The zero-order valence-corrected chi connectivity index (χ0v) is 18.2. The number of aromatic amines is 2. The van der Waals surface area contributed by atoms with Gasteiger partial charge in [0.05, 0.1) is 4.90 Å². The van der Waals surface area contributed by atoms with Crippen LogP contribution in [0, 0.1) is 0 Å². The number of hydrogen-bond acceptors (Lipinski definition) is 4. The molecule has 0 spiro atoms. The first kappa shape index (κ1) is 21.3. The van der Waals surface area contributed by atoms with Gasteiger partial charge in [-0.3, -0.25) is 9.78 Å². The Bertz CT molecular complexity index is 1280. The molecule has 0 aliphatic heterocycles. The summed E-state index contributed by atoms with van der Waals surface area (Å²) < 4.78 is 24.4. The molecule has 0 radical (unpaired) electrons. The van der Waals surface area contributed by atoms with Crippen LogP contribution < -0.4 is 11.2 Å². The minimum absolute atomic E-state index is 0.0651. The molecule has 0 atom stereocenters. The number of sulfone groups is 1. The molecular weight excluding hydrogens is 412 g/mol. The zero-order chi connectivity index (χ0) is 22.0. The second-order valence-electron chi connectivity index (χ2n) is 8.32. The van der Waals surface area contributed by atoms with Crippen LogP contribution in [0.3, 0.4) is 0 Å². The second kappa shape index (κ2) is 8.67. The first-order valence-electron chi connectivity index (χ1n) is 10.5. The molecule has 3 aromatic rings. The van der Waals surface area contributed by atoms with E-state index in [0.717, 1.165) is 31.9 Å². The van der Waals surface area contributed by atoms with E-state index in [-0.39, 0.29) is 17.2 Å². The molecule has 0 amide bonds. The Kier molecular flexibility index (Phi) is 5.96. The third-order valence-electron chi connectivity index (χ3n) is 6.22. The van der Waals surface area contributed by atoms with Crippen LogP contribution in [0.5, 0.6) is 0 Å². The molecule has 2 aromatic carbocycles. The molecule has 1 heterocycles. The smallest absolute Gasteiger partial charge is 0.311 e. The van der Waals surface area contributed by atoms with Gasteiger partial charge < -0.3 is 4.98 Å². The fourth-order valence-electron chi connectivity index (χ4n) is 4.70. The number of H-pyrrole nitrogens is 2. The Morgan fingerprint density at radius 2 is 1.45 bits per heavy atom. The van der Waals surface area contributed by atoms with Gasteiger partial charge in [-0.05, 0) is 54.7 Å². The summed E-state index contributed by atoms with van der Waals surface area (Å²) in [5.74, 6) is 0.538. The van der Waals surface area contributed by atoms with Crippen LogP contribution in [0.1, 0.15) is 59.9 Å². The topological polar surface area (TPSA) is 99.9 Å². The lowest BCUT2D eigenvalue weighted by Crippen LogP contribution is -2.30. The third kappa shape index (κ3) is 4.71. The molecule has 0 bridgehead atoms. The molecule has 0 unspecified atom stereocenters. The minimum atomic E-state index is -3.43. The van der Waals surface area contributed by atoms with E-state index in [1.165, 1.54) is 5.56 Å². The quantitative estimate of drug-likeness (QED) is 0.637. The second-order valence-corrected chi connectivity index (χ2v) is 10.3. The summed E-state index contributed by atoms with van der Waals surface area (Å²) in [6.07, 6.45) is 4.99. The van der Waals surface area contributed by atoms with Crippen LogP contribution in [0.4, 0.5) is 0 Å². The van der Waals surface area contributed by atoms with E-state index >= 15 is 0 Å². The van der Waals surface area contributed by atoms with Crippen molar-refractivity contribution < 1.29 is 8.42 Å². The molecule has 1 saturated carbocycles. The van der Waals surface area contributed by atoms with Gasteiger partial charge in [-0.1, -0.05) is 48.5 Å². The molecule has 1 fully saturated rings. The van der Waals surface area contributed by atoms with Crippen LogP contribution in [0.2, 0.25) is 0 Å². The van der Waals surface area contributed by atoms with Gasteiger partial charge in [0.1, 0.15) is 0 Å². The number of rotatable bonds is 5. The van der Waals surface area contributed by atoms with E-state index in [1.54, 1.807) is 24.3 Å². The van der Waals surface area contributed by atoms with Gasteiger partial charge in [0, 0.05) is 23.9 Å². The van der Waals surface area contributed by atoms with E-state index in [0.29, 0.717) is 22.7 Å². The van der Waals surface area contributed by atoms with Crippen molar-refractivity contribution in [3.63, 3.8) is 0 Å². The van der Waals surface area contributed by atoms with Crippen molar-refractivity contribution in [1.82, 2.24) is 9.97 Å². The predicted molar refractivity (Wildman–Crippen MR) is 120 cm³/mol. The lowest BCUT2D eigenvalue weighted by molar-refractivity contribution is 0.388. The first-order chi connectivity index (χ1) is 14.8. The van der Waals surface area contributed by atoms with Crippen molar-refractivity contribution in [3.8, 4) is 0 Å². The number of hydrogen-bond donors (Lipinski definition) is 2. The molecule has 7 heteroatoms. The Morgan fingerprint density at radius 1 is 0.839 bits per heavy atom. The van der Waals surface area contributed by atoms with E-state index in [1.807, 2.05) is 18.2 Å². The fraction of sp³-hybridized carbons (Fsp3) is 0.333. The Hall–Kier alpha value is -2.93. The van der Waals surface area contributed by atoms with E-state index in [2.05, 4.69) is 22.1 Å². The van der Waals surface area contributed by atoms with Crippen LogP contribution in [-0.4, -0.2) is 24.6 Å². The van der Waals surface area contributed by atoms with Gasteiger partial charge in [-0.2, -0.15) is 0 Å². The zero-order valence-electron chi connectivity index (χ0n) is 17.4. The van der Waals surface area contributed by atoms with Gasteiger partial charge in [-0.15, -0.1) is 0 Å². The summed E-state index contributed by atoms with van der Waals surface area (Å²) in [6.45, 7) is 0. The van der Waals surface area contributed by atoms with Gasteiger partial charge in [0.25, 0.3) is 5.56 Å². The van der Waals surface area contributed by atoms with Crippen molar-refractivity contribution in [1.29, 1.82) is 0 Å². The normalized spacial score (nSPS) is 19.3. The maximum Gasteiger partial charge on any atom is 0.325 e. The lowest BCUT2D eigenvalue weighted by atomic mass is 9.76. The van der Waals surface area contributed by atoms with Crippen LogP contribution in [0.25, 0.3) is 0 Å². The number of aromatic nitrogens is 2. The maximum absolute atomic E-state index is 12.7. The summed E-state index contributed by atoms with van der Waals surface area (Å²) >= 11 is 0. The Morgan fingerprint density at radius 3 is 2.13 bits per heavy atom. The van der Waals surface area contributed by atoms with Gasteiger partial charge >= 0.3 is 5.69 Å². The van der Waals surface area contributed by atoms with Gasteiger partial charge in [0.2, 0.25) is 0 Å². The van der Waals surface area contributed by atoms with Crippen molar-refractivity contribution in [2.24, 2.45) is 0 Å². The van der Waals surface area contributed by atoms with Crippen LogP contribution in [0.15, 0.2) is 69.1 Å². The first-order valence-corrected chi connectivity index (χ1v) is 12.4. The fourth-order valence-corrected chi connectivity index (χ4v) is 5.64. The Labute approximate surface area is 181 Å². The van der Waals surface area contributed by atoms with Crippen LogP contribution >= 0.6 is 0 Å². The molecule has 4 rings (SSSR count). The van der Waals surface area contributed by atoms with Crippen molar-refractivity contribution in [2.75, 3.05) is 6.26 Å². The predicted octanol–water partition coefficient (Wildman–Crippen LogP) is 3.50. The lowest BCUT2D eigenvalue weighted by Gasteiger charge is -2.29. The van der Waals surface area contributed by atoms with E-state index < -0.39 is 21.1 Å². The van der Waals surface area contributed by atoms with Crippen LogP contribution in [-0.2, 0) is 16.3 Å². The highest BCUT2D eigenvalue weighted by Gasteiger charge is 2.27. The number of nitrogens with one attached hydrogen (secondary N) is 2. The average molecular weight is 439 g/mol. The van der Waals surface area contributed by atoms with E-state index in [4.69, 9.17) is 0 Å². The van der Waals surface area contributed by atoms with E-state index in [9.17, 15) is 18.0 Å². The van der Waals surface area contributed by atoms with Crippen molar-refractivity contribution in [2.45, 2.75) is 48.8 Å². The molecule has 1 aromatic heterocycles. The van der Waals surface area contributed by atoms with Crippen molar-refractivity contribution in [3.05, 3.63) is 97.8 Å². The molecule has 2 N–H and O–H groups in total. The standard InChI is InChI=1S/C24H26N2O4S/c1-31(29,30)21-10-6-5-9-19(21)15-20-22(25-24(28)26-23(20)27)18-13-11-17(12-14-18)16-7-3-2-4-8-16/h2-10,17-18H,11-15H2,1H3,(H2,25,26,27,28)/t17-,18-. The molecule has 31 heavy (non-hydrogen) atoms. The third-order valence-corrected chi connectivity index (χ3v) is 7.42. The van der Waals surface area contributed by atoms with Gasteiger partial charge in [-0.25, -0.2) is 13.2 Å². The minimum Gasteiger partial charge on any atom is -0.311 e. The number of benzene rings is 2. The maximum atomic E-state index is 12.7. The molecule has 6 nitrogen and oxygen atoms in total. The molecule has 1 aliphatic rings. The molecular formula is C24H26N2O4S. The summed E-state index contributed by atoms with van der Waals surface area (Å²) in [6, 6.07) is 17.1. The highest BCUT2D eigenvalue weighted by molar-refractivity contribution is 7.90. The molecule has 1 aliphatic carbocycles. The molecule has 162 valence electrons. The SMILES string of the molecule is CS(=O)(=O)c1ccccc1Cc1c(=O)[nH]c(=O)[nH]c1[C@H]1CC[C@H](c2ccccc2)CC1. The molecule has 0 saturated heterocycles. The summed E-state index contributed by atoms with van der Waals surface area (Å²) in [4.78, 5) is 30.2. The summed E-state index contributed by atoms with van der Waals surface area (Å²) in [7, 11) is -3.43.